The highest BCUT2D eigenvalue weighted by atomic mass is 16.4. The summed E-state index contributed by atoms with van der Waals surface area (Å²) in [7, 11) is 0. The van der Waals surface area contributed by atoms with Crippen molar-refractivity contribution in [2.45, 2.75) is 20.4 Å². The van der Waals surface area contributed by atoms with Gasteiger partial charge in [0.1, 0.15) is 12.0 Å². The fraction of sp³-hybridized carbons (Fsp3) is 0.455. The van der Waals surface area contributed by atoms with Gasteiger partial charge in [0.2, 0.25) is 0 Å². The van der Waals surface area contributed by atoms with Gasteiger partial charge in [-0.25, -0.2) is 4.79 Å². The number of aromatic carboxylic acids is 1. The van der Waals surface area contributed by atoms with Gasteiger partial charge in [-0.1, -0.05) is 0 Å². The minimum atomic E-state index is -1.01. The largest absolute Gasteiger partial charge is 0.478 e. The first kappa shape index (κ1) is 12.3. The minimum Gasteiger partial charge on any atom is -0.478 e. The minimum absolute atomic E-state index is 0.136. The molecule has 86 valence electrons. The van der Waals surface area contributed by atoms with Crippen molar-refractivity contribution in [2.75, 3.05) is 6.54 Å². The normalized spacial score (nSPS) is 11.1. The lowest BCUT2D eigenvalue weighted by atomic mass is 9.96. The Morgan fingerprint density at radius 1 is 1.69 bits per heavy atom. The molecule has 0 radical (unpaired) electrons. The number of rotatable bonds is 5. The first-order valence-corrected chi connectivity index (χ1v) is 4.87. The van der Waals surface area contributed by atoms with Crippen LogP contribution in [0.5, 0.6) is 0 Å². The van der Waals surface area contributed by atoms with Gasteiger partial charge in [0.15, 0.2) is 0 Å². The van der Waals surface area contributed by atoms with Gasteiger partial charge in [0.25, 0.3) is 0 Å². The third kappa shape index (κ3) is 3.41. The monoisotopic (exact) mass is 222 g/mol. The zero-order valence-electron chi connectivity index (χ0n) is 9.28. The lowest BCUT2D eigenvalue weighted by molar-refractivity contribution is 0.0696. The fourth-order valence-corrected chi connectivity index (χ4v) is 1.12. The van der Waals surface area contributed by atoms with Crippen molar-refractivity contribution in [1.82, 2.24) is 5.32 Å². The van der Waals surface area contributed by atoms with Gasteiger partial charge < -0.3 is 14.8 Å². The first-order chi connectivity index (χ1) is 7.44. The number of carbonyl (C=O) groups is 1. The smallest absolute Gasteiger partial charge is 0.338 e. The molecule has 0 amide bonds. The van der Waals surface area contributed by atoms with E-state index >= 15 is 0 Å². The molecule has 0 atom stereocenters. The Kier molecular flexibility index (Phi) is 3.69. The Labute approximate surface area is 93.7 Å². The molecule has 0 unspecified atom stereocenters. The number of hydrogen-bond acceptors (Lipinski definition) is 4. The van der Waals surface area contributed by atoms with Gasteiger partial charge in [0, 0.05) is 6.54 Å². The van der Waals surface area contributed by atoms with Crippen LogP contribution >= 0.6 is 0 Å². The average Bonchev–Trinajstić information content (AvgIpc) is 2.66. The highest BCUT2D eigenvalue weighted by Crippen LogP contribution is 2.12. The predicted octanol–water partition coefficient (Wildman–Crippen LogP) is 1.62. The molecule has 16 heavy (non-hydrogen) atoms. The molecular weight excluding hydrogens is 208 g/mol. The second-order valence-electron chi connectivity index (χ2n) is 4.21. The molecule has 0 aliphatic heterocycles. The van der Waals surface area contributed by atoms with E-state index in [0.29, 0.717) is 18.8 Å². The number of carboxylic acid groups (broad SMARTS) is 1. The van der Waals surface area contributed by atoms with Crippen molar-refractivity contribution in [3.05, 3.63) is 23.7 Å². The summed E-state index contributed by atoms with van der Waals surface area (Å²) in [4.78, 5) is 10.6. The van der Waals surface area contributed by atoms with Gasteiger partial charge in [-0.15, -0.1) is 0 Å². The van der Waals surface area contributed by atoms with Crippen LogP contribution in [0.4, 0.5) is 0 Å². The SMILES string of the molecule is CC(C)(C#N)CNCc1cc(C(=O)O)co1. The van der Waals surface area contributed by atoms with Crippen LogP contribution in [0.2, 0.25) is 0 Å². The molecule has 1 heterocycles. The Bertz CT molecular complexity index is 415. The standard InChI is InChI=1S/C11H14N2O3/c1-11(2,6-12)7-13-4-9-3-8(5-16-9)10(14)15/h3,5,13H,4,7H2,1-2H3,(H,14,15). The van der Waals surface area contributed by atoms with E-state index in [-0.39, 0.29) is 5.56 Å². The molecule has 0 aliphatic rings. The van der Waals surface area contributed by atoms with Crippen LogP contribution in [0.15, 0.2) is 16.7 Å². The number of nitriles is 1. The summed E-state index contributed by atoms with van der Waals surface area (Å²) in [5.41, 5.74) is -0.307. The molecule has 0 fully saturated rings. The molecule has 0 aromatic carbocycles. The van der Waals surface area contributed by atoms with Crippen LogP contribution in [0, 0.1) is 16.7 Å². The summed E-state index contributed by atoms with van der Waals surface area (Å²) >= 11 is 0. The number of furan rings is 1. The molecule has 0 spiro atoms. The molecule has 2 N–H and O–H groups in total. The van der Waals surface area contributed by atoms with Crippen LogP contribution in [0.25, 0.3) is 0 Å². The second-order valence-corrected chi connectivity index (χ2v) is 4.21. The summed E-state index contributed by atoms with van der Waals surface area (Å²) in [6.45, 7) is 4.58. The Morgan fingerprint density at radius 2 is 2.38 bits per heavy atom. The molecule has 1 rings (SSSR count). The highest BCUT2D eigenvalue weighted by molar-refractivity contribution is 5.87. The third-order valence-electron chi connectivity index (χ3n) is 2.07. The second kappa shape index (κ2) is 4.81. The van der Waals surface area contributed by atoms with Crippen LogP contribution in [-0.2, 0) is 6.54 Å². The van der Waals surface area contributed by atoms with Crippen LogP contribution in [0.3, 0.4) is 0 Å². The van der Waals surface area contributed by atoms with E-state index in [1.54, 1.807) is 0 Å². The number of nitrogens with one attached hydrogen (secondary N) is 1. The molecule has 1 aromatic heterocycles. The lowest BCUT2D eigenvalue weighted by Gasteiger charge is -2.14. The lowest BCUT2D eigenvalue weighted by Crippen LogP contribution is -2.27. The summed E-state index contributed by atoms with van der Waals surface area (Å²) < 4.78 is 5.05. The van der Waals surface area contributed by atoms with E-state index in [9.17, 15) is 4.79 Å². The maximum Gasteiger partial charge on any atom is 0.338 e. The predicted molar refractivity (Wildman–Crippen MR) is 56.8 cm³/mol. The highest BCUT2D eigenvalue weighted by Gasteiger charge is 2.16. The molecule has 1 aromatic rings. The van der Waals surface area contributed by atoms with Crippen molar-refractivity contribution in [3.8, 4) is 6.07 Å². The quantitative estimate of drug-likeness (QED) is 0.790. The number of nitrogens with zero attached hydrogens (tertiary/aromatic N) is 1. The maximum atomic E-state index is 10.6. The third-order valence-corrected chi connectivity index (χ3v) is 2.07. The van der Waals surface area contributed by atoms with E-state index in [0.717, 1.165) is 0 Å². The molecule has 0 aliphatic carbocycles. The maximum absolute atomic E-state index is 10.6. The molecular formula is C11H14N2O3. The molecule has 0 saturated carbocycles. The van der Waals surface area contributed by atoms with E-state index in [1.165, 1.54) is 12.3 Å². The van der Waals surface area contributed by atoms with Crippen LogP contribution in [0.1, 0.15) is 30.0 Å². The van der Waals surface area contributed by atoms with Gasteiger partial charge in [-0.2, -0.15) is 5.26 Å². The Morgan fingerprint density at radius 3 is 2.88 bits per heavy atom. The zero-order chi connectivity index (χ0) is 12.2. The van der Waals surface area contributed by atoms with Gasteiger partial charge >= 0.3 is 5.97 Å². The molecule has 5 heteroatoms. The molecule has 0 saturated heterocycles. The Hall–Kier alpha value is -1.80. The van der Waals surface area contributed by atoms with Gasteiger partial charge in [-0.05, 0) is 19.9 Å². The van der Waals surface area contributed by atoms with E-state index < -0.39 is 11.4 Å². The van der Waals surface area contributed by atoms with Gasteiger partial charge in [-0.3, -0.25) is 0 Å². The van der Waals surface area contributed by atoms with Crippen LogP contribution < -0.4 is 5.32 Å². The summed E-state index contributed by atoms with van der Waals surface area (Å²) in [6.07, 6.45) is 1.20. The van der Waals surface area contributed by atoms with Crippen molar-refractivity contribution in [3.63, 3.8) is 0 Å². The Balaban J connectivity index is 2.44. The van der Waals surface area contributed by atoms with Crippen molar-refractivity contribution < 1.29 is 14.3 Å². The summed E-state index contributed by atoms with van der Waals surface area (Å²) in [6, 6.07) is 3.63. The number of hydrogen-bond donors (Lipinski definition) is 2. The molecule has 0 bridgehead atoms. The van der Waals surface area contributed by atoms with E-state index in [2.05, 4.69) is 11.4 Å². The van der Waals surface area contributed by atoms with Crippen molar-refractivity contribution >= 4 is 5.97 Å². The van der Waals surface area contributed by atoms with Crippen molar-refractivity contribution in [1.29, 1.82) is 5.26 Å². The van der Waals surface area contributed by atoms with E-state index in [1.807, 2.05) is 13.8 Å². The average molecular weight is 222 g/mol. The topological polar surface area (TPSA) is 86.3 Å². The van der Waals surface area contributed by atoms with E-state index in [4.69, 9.17) is 14.8 Å². The molecule has 5 nitrogen and oxygen atoms in total. The zero-order valence-corrected chi connectivity index (χ0v) is 9.28. The van der Waals surface area contributed by atoms with Crippen LogP contribution in [-0.4, -0.2) is 17.6 Å². The van der Waals surface area contributed by atoms with Gasteiger partial charge in [0.05, 0.1) is 23.6 Å². The van der Waals surface area contributed by atoms with Crippen molar-refractivity contribution in [2.24, 2.45) is 5.41 Å². The fourth-order valence-electron chi connectivity index (χ4n) is 1.12. The first-order valence-electron chi connectivity index (χ1n) is 4.87. The summed E-state index contributed by atoms with van der Waals surface area (Å²) in [5.74, 6) is -0.460. The summed E-state index contributed by atoms with van der Waals surface area (Å²) in [5, 5.41) is 20.5. The number of carboxylic acids is 1.